The van der Waals surface area contributed by atoms with Crippen LogP contribution in [0.15, 0.2) is 46.9 Å². The van der Waals surface area contributed by atoms with Crippen LogP contribution in [0.5, 0.6) is 0 Å². The first-order chi connectivity index (χ1) is 8.58. The van der Waals surface area contributed by atoms with Gasteiger partial charge in [-0.15, -0.1) is 0 Å². The number of hydrogen-bond donors (Lipinski definition) is 0. The summed E-state index contributed by atoms with van der Waals surface area (Å²) in [6.45, 7) is 2.15. The second-order valence-corrected chi connectivity index (χ2v) is 6.64. The molecular weight excluding hydrogens is 375 g/mol. The van der Waals surface area contributed by atoms with Crippen molar-refractivity contribution in [3.8, 4) is 0 Å². The SMILES string of the molecule is Cc1ccccc1CC(Br)c1ccc(Cl)c(Br)c1. The van der Waals surface area contributed by atoms with Crippen LogP contribution in [0.3, 0.4) is 0 Å². The second-order valence-electron chi connectivity index (χ2n) is 4.27. The summed E-state index contributed by atoms with van der Waals surface area (Å²) in [5.74, 6) is 0. The highest BCUT2D eigenvalue weighted by Gasteiger charge is 2.11. The van der Waals surface area contributed by atoms with Crippen LogP contribution < -0.4 is 0 Å². The predicted octanol–water partition coefficient (Wildman–Crippen LogP) is 6.09. The fraction of sp³-hybridized carbons (Fsp3) is 0.200. The van der Waals surface area contributed by atoms with Gasteiger partial charge >= 0.3 is 0 Å². The molecular formula is C15H13Br2Cl. The highest BCUT2D eigenvalue weighted by Crippen LogP contribution is 2.32. The summed E-state index contributed by atoms with van der Waals surface area (Å²) in [6, 6.07) is 14.5. The Morgan fingerprint density at radius 1 is 1.17 bits per heavy atom. The largest absolute Gasteiger partial charge is 0.0835 e. The van der Waals surface area contributed by atoms with Gasteiger partial charge in [-0.25, -0.2) is 0 Å². The van der Waals surface area contributed by atoms with E-state index in [1.807, 2.05) is 6.07 Å². The van der Waals surface area contributed by atoms with Gasteiger partial charge in [-0.3, -0.25) is 0 Å². The minimum absolute atomic E-state index is 0.298. The van der Waals surface area contributed by atoms with Gasteiger partial charge in [0.1, 0.15) is 0 Å². The van der Waals surface area contributed by atoms with Crippen molar-refractivity contribution in [1.29, 1.82) is 0 Å². The molecule has 0 aromatic heterocycles. The van der Waals surface area contributed by atoms with Crippen molar-refractivity contribution in [2.24, 2.45) is 0 Å². The topological polar surface area (TPSA) is 0 Å². The fourth-order valence-corrected chi connectivity index (χ4v) is 3.00. The zero-order valence-corrected chi connectivity index (χ0v) is 13.9. The van der Waals surface area contributed by atoms with Crippen molar-refractivity contribution in [2.75, 3.05) is 0 Å². The number of hydrogen-bond acceptors (Lipinski definition) is 0. The quantitative estimate of drug-likeness (QED) is 0.558. The van der Waals surface area contributed by atoms with Gasteiger partial charge in [0.15, 0.2) is 0 Å². The average molecular weight is 389 g/mol. The molecule has 0 heterocycles. The maximum absolute atomic E-state index is 6.01. The maximum Gasteiger partial charge on any atom is 0.0548 e. The van der Waals surface area contributed by atoms with E-state index in [9.17, 15) is 0 Å². The first-order valence-corrected chi connectivity index (χ1v) is 7.80. The van der Waals surface area contributed by atoms with Gasteiger partial charge in [-0.05, 0) is 58.1 Å². The molecule has 0 radical (unpaired) electrons. The van der Waals surface area contributed by atoms with E-state index >= 15 is 0 Å². The lowest BCUT2D eigenvalue weighted by atomic mass is 10.0. The van der Waals surface area contributed by atoms with E-state index in [-0.39, 0.29) is 0 Å². The molecule has 0 spiro atoms. The minimum atomic E-state index is 0.298. The highest BCUT2D eigenvalue weighted by atomic mass is 79.9. The lowest BCUT2D eigenvalue weighted by molar-refractivity contribution is 0.938. The van der Waals surface area contributed by atoms with Crippen molar-refractivity contribution in [2.45, 2.75) is 18.2 Å². The molecule has 2 rings (SSSR count). The summed E-state index contributed by atoms with van der Waals surface area (Å²) in [4.78, 5) is 0.298. The second kappa shape index (κ2) is 6.23. The zero-order chi connectivity index (χ0) is 13.1. The van der Waals surface area contributed by atoms with Crippen LogP contribution >= 0.6 is 43.5 Å². The molecule has 0 aliphatic carbocycles. The van der Waals surface area contributed by atoms with Gasteiger partial charge in [-0.1, -0.05) is 57.9 Å². The van der Waals surface area contributed by atoms with E-state index < -0.39 is 0 Å². The number of halogens is 3. The normalized spacial score (nSPS) is 12.4. The van der Waals surface area contributed by atoms with Crippen LogP contribution in [0.1, 0.15) is 21.5 Å². The third-order valence-electron chi connectivity index (χ3n) is 2.97. The Morgan fingerprint density at radius 3 is 2.56 bits per heavy atom. The molecule has 1 atom stereocenters. The lowest BCUT2D eigenvalue weighted by Crippen LogP contribution is -1.97. The van der Waals surface area contributed by atoms with Gasteiger partial charge in [0.05, 0.1) is 5.02 Å². The molecule has 2 aromatic carbocycles. The number of rotatable bonds is 3. The molecule has 0 nitrogen and oxygen atoms in total. The van der Waals surface area contributed by atoms with Gasteiger partial charge in [0.2, 0.25) is 0 Å². The van der Waals surface area contributed by atoms with E-state index in [0.717, 1.165) is 15.9 Å². The predicted molar refractivity (Wildman–Crippen MR) is 85.7 cm³/mol. The minimum Gasteiger partial charge on any atom is -0.0835 e. The van der Waals surface area contributed by atoms with Crippen LogP contribution in [0.25, 0.3) is 0 Å². The third kappa shape index (κ3) is 3.37. The summed E-state index contributed by atoms with van der Waals surface area (Å²) >= 11 is 13.2. The van der Waals surface area contributed by atoms with Crippen molar-refractivity contribution in [3.05, 3.63) is 68.7 Å². The summed E-state index contributed by atoms with van der Waals surface area (Å²) in [5.41, 5.74) is 3.93. The Hall–Kier alpha value is -0.310. The van der Waals surface area contributed by atoms with Crippen LogP contribution in [0.4, 0.5) is 0 Å². The Kier molecular flexibility index (Phi) is 4.88. The van der Waals surface area contributed by atoms with Gasteiger partial charge in [-0.2, -0.15) is 0 Å². The fourth-order valence-electron chi connectivity index (χ4n) is 1.86. The highest BCUT2D eigenvalue weighted by molar-refractivity contribution is 9.10. The Bertz CT molecular complexity index is 552. The molecule has 0 amide bonds. The van der Waals surface area contributed by atoms with Crippen LogP contribution in [-0.4, -0.2) is 0 Å². The van der Waals surface area contributed by atoms with Gasteiger partial charge < -0.3 is 0 Å². The third-order valence-corrected chi connectivity index (χ3v) is 5.03. The summed E-state index contributed by atoms with van der Waals surface area (Å²) in [6.07, 6.45) is 0.973. The number of alkyl halides is 1. The molecule has 2 aromatic rings. The first kappa shape index (κ1) is 14.1. The van der Waals surface area contributed by atoms with E-state index in [4.69, 9.17) is 11.6 Å². The molecule has 0 saturated carbocycles. The molecule has 0 aliphatic heterocycles. The smallest absolute Gasteiger partial charge is 0.0548 e. The Balaban J connectivity index is 2.19. The van der Waals surface area contributed by atoms with E-state index in [1.54, 1.807) is 0 Å². The molecule has 94 valence electrons. The van der Waals surface area contributed by atoms with Gasteiger partial charge in [0.25, 0.3) is 0 Å². The van der Waals surface area contributed by atoms with Crippen LogP contribution in [-0.2, 0) is 6.42 Å². The summed E-state index contributed by atoms with van der Waals surface area (Å²) < 4.78 is 0.941. The van der Waals surface area contributed by atoms with E-state index in [1.165, 1.54) is 16.7 Å². The Labute approximate surface area is 130 Å². The number of benzene rings is 2. The summed E-state index contributed by atoms with van der Waals surface area (Å²) in [7, 11) is 0. The van der Waals surface area contributed by atoms with Crippen LogP contribution in [0.2, 0.25) is 5.02 Å². The number of aryl methyl sites for hydroxylation is 1. The first-order valence-electron chi connectivity index (χ1n) is 5.71. The zero-order valence-electron chi connectivity index (χ0n) is 9.96. The van der Waals surface area contributed by atoms with E-state index in [2.05, 4.69) is 75.2 Å². The average Bonchev–Trinajstić information content (AvgIpc) is 2.35. The van der Waals surface area contributed by atoms with Gasteiger partial charge in [0, 0.05) is 9.30 Å². The molecule has 0 aliphatic rings. The lowest BCUT2D eigenvalue weighted by Gasteiger charge is -2.13. The molecule has 0 N–H and O–H groups in total. The Morgan fingerprint density at radius 2 is 1.89 bits per heavy atom. The molecule has 18 heavy (non-hydrogen) atoms. The molecule has 0 saturated heterocycles. The monoisotopic (exact) mass is 386 g/mol. The summed E-state index contributed by atoms with van der Waals surface area (Å²) in [5, 5.41) is 0.745. The van der Waals surface area contributed by atoms with Crippen molar-refractivity contribution in [3.63, 3.8) is 0 Å². The van der Waals surface area contributed by atoms with E-state index in [0.29, 0.717) is 4.83 Å². The molecule has 0 bridgehead atoms. The van der Waals surface area contributed by atoms with Crippen molar-refractivity contribution < 1.29 is 0 Å². The molecule has 3 heteroatoms. The standard InChI is InChI=1S/C15H13Br2Cl/c1-10-4-2-3-5-11(10)8-13(16)12-6-7-15(18)14(17)9-12/h2-7,9,13H,8H2,1H3. The van der Waals surface area contributed by atoms with Crippen molar-refractivity contribution in [1.82, 2.24) is 0 Å². The van der Waals surface area contributed by atoms with Crippen molar-refractivity contribution >= 4 is 43.5 Å². The maximum atomic E-state index is 6.01. The van der Waals surface area contributed by atoms with Crippen LogP contribution in [0, 0.1) is 6.92 Å². The molecule has 0 fully saturated rings. The molecule has 1 unspecified atom stereocenters.